The quantitative estimate of drug-likeness (QED) is 0.722. The molecular formula is C10H20N2O2. The maximum Gasteiger partial charge on any atom is 0.405 e. The number of hydrogen-bond acceptors (Lipinski definition) is 3. The van der Waals surface area contributed by atoms with E-state index in [0.29, 0.717) is 12.0 Å². The highest BCUT2D eigenvalue weighted by molar-refractivity contribution is 5.65. The van der Waals surface area contributed by atoms with E-state index >= 15 is 0 Å². The van der Waals surface area contributed by atoms with E-state index in [-0.39, 0.29) is 0 Å². The summed E-state index contributed by atoms with van der Waals surface area (Å²) in [5.74, 6) is 0.569. The summed E-state index contributed by atoms with van der Waals surface area (Å²) in [6.07, 6.45) is 3.40. The number of carbonyl (C=O) groups excluding carboxylic acids is 1. The zero-order valence-corrected chi connectivity index (χ0v) is 8.95. The predicted molar refractivity (Wildman–Crippen MR) is 54.7 cm³/mol. The first kappa shape index (κ1) is 11.3. The third kappa shape index (κ3) is 3.54. The minimum Gasteiger partial charge on any atom is -0.444 e. The maximum absolute atomic E-state index is 10.6. The van der Waals surface area contributed by atoms with Crippen LogP contribution >= 0.6 is 0 Å². The van der Waals surface area contributed by atoms with Gasteiger partial charge in [0, 0.05) is 6.04 Å². The third-order valence-corrected chi connectivity index (χ3v) is 2.74. The van der Waals surface area contributed by atoms with Crippen LogP contribution in [0.1, 0.15) is 39.5 Å². The molecule has 1 aliphatic carbocycles. The largest absolute Gasteiger partial charge is 0.444 e. The first-order chi connectivity index (χ1) is 6.39. The van der Waals surface area contributed by atoms with Crippen LogP contribution < -0.4 is 11.5 Å². The standard InChI is InChI=1S/C10H20N2O2/c1-10(2,14-9(12)13)6-7-3-4-8(11)5-7/h7-8H,3-6,11H2,1-2H3,(H2,12,13). The average Bonchev–Trinajstić information content (AvgIpc) is 2.30. The summed E-state index contributed by atoms with van der Waals surface area (Å²) in [6, 6.07) is 0.323. The number of nitrogens with two attached hydrogens (primary N) is 2. The Hall–Kier alpha value is -0.770. The summed E-state index contributed by atoms with van der Waals surface area (Å²) < 4.78 is 5.03. The minimum absolute atomic E-state index is 0.323. The number of hydrogen-bond donors (Lipinski definition) is 2. The van der Waals surface area contributed by atoms with Crippen molar-refractivity contribution < 1.29 is 9.53 Å². The van der Waals surface area contributed by atoms with Crippen molar-refractivity contribution in [2.75, 3.05) is 0 Å². The molecule has 0 aromatic heterocycles. The van der Waals surface area contributed by atoms with Gasteiger partial charge < -0.3 is 16.2 Å². The zero-order chi connectivity index (χ0) is 10.8. The van der Waals surface area contributed by atoms with E-state index in [1.54, 1.807) is 0 Å². The van der Waals surface area contributed by atoms with E-state index in [1.807, 2.05) is 13.8 Å². The second-order valence-electron chi connectivity index (χ2n) is 4.82. The van der Waals surface area contributed by atoms with Gasteiger partial charge in [-0.1, -0.05) is 0 Å². The molecule has 2 unspecified atom stereocenters. The first-order valence-corrected chi connectivity index (χ1v) is 5.13. The molecule has 1 fully saturated rings. The molecule has 1 saturated carbocycles. The summed E-state index contributed by atoms with van der Waals surface area (Å²) in [6.45, 7) is 3.78. The van der Waals surface area contributed by atoms with Gasteiger partial charge in [-0.25, -0.2) is 4.79 Å². The highest BCUT2D eigenvalue weighted by Gasteiger charge is 2.30. The van der Waals surface area contributed by atoms with Gasteiger partial charge in [0.05, 0.1) is 0 Å². The van der Waals surface area contributed by atoms with E-state index < -0.39 is 11.7 Å². The van der Waals surface area contributed by atoms with Gasteiger partial charge in [0.25, 0.3) is 0 Å². The number of rotatable bonds is 3. The van der Waals surface area contributed by atoms with Gasteiger partial charge in [-0.3, -0.25) is 0 Å². The Morgan fingerprint density at radius 3 is 2.57 bits per heavy atom. The SMILES string of the molecule is CC(C)(CC1CCC(N)C1)OC(N)=O. The molecular weight excluding hydrogens is 180 g/mol. The van der Waals surface area contributed by atoms with Crippen LogP contribution in [0.15, 0.2) is 0 Å². The van der Waals surface area contributed by atoms with Crippen LogP contribution in [0.2, 0.25) is 0 Å². The smallest absolute Gasteiger partial charge is 0.405 e. The molecule has 0 aromatic rings. The van der Waals surface area contributed by atoms with Crippen LogP contribution in [0.4, 0.5) is 4.79 Å². The number of amides is 1. The Morgan fingerprint density at radius 1 is 1.50 bits per heavy atom. The number of carbonyl (C=O) groups is 1. The van der Waals surface area contributed by atoms with Crippen molar-refractivity contribution >= 4 is 6.09 Å². The Kier molecular flexibility index (Phi) is 3.37. The molecule has 1 rings (SSSR count). The predicted octanol–water partition coefficient (Wildman–Crippen LogP) is 1.38. The Morgan fingerprint density at radius 2 is 2.14 bits per heavy atom. The van der Waals surface area contributed by atoms with Crippen LogP contribution in [0.5, 0.6) is 0 Å². The normalized spacial score (nSPS) is 27.6. The zero-order valence-electron chi connectivity index (χ0n) is 8.95. The number of ether oxygens (including phenoxy) is 1. The molecule has 82 valence electrons. The molecule has 14 heavy (non-hydrogen) atoms. The van der Waals surface area contributed by atoms with Crippen LogP contribution in [0.3, 0.4) is 0 Å². The van der Waals surface area contributed by atoms with Crippen molar-refractivity contribution in [3.8, 4) is 0 Å². The fraction of sp³-hybridized carbons (Fsp3) is 0.900. The van der Waals surface area contributed by atoms with Crippen molar-refractivity contribution in [3.63, 3.8) is 0 Å². The van der Waals surface area contributed by atoms with Gasteiger partial charge in [-0.05, 0) is 45.4 Å². The lowest BCUT2D eigenvalue weighted by molar-refractivity contribution is 0.0270. The Labute approximate surface area is 85.0 Å². The van der Waals surface area contributed by atoms with E-state index in [2.05, 4.69) is 0 Å². The molecule has 0 heterocycles. The highest BCUT2D eigenvalue weighted by atomic mass is 16.6. The van der Waals surface area contributed by atoms with Crippen molar-refractivity contribution in [3.05, 3.63) is 0 Å². The lowest BCUT2D eigenvalue weighted by Gasteiger charge is -2.27. The van der Waals surface area contributed by atoms with E-state index in [9.17, 15) is 4.79 Å². The fourth-order valence-corrected chi connectivity index (χ4v) is 2.31. The van der Waals surface area contributed by atoms with Crippen LogP contribution in [-0.4, -0.2) is 17.7 Å². The lowest BCUT2D eigenvalue weighted by Crippen LogP contribution is -2.33. The molecule has 1 amide bonds. The second-order valence-corrected chi connectivity index (χ2v) is 4.82. The van der Waals surface area contributed by atoms with Gasteiger partial charge in [-0.2, -0.15) is 0 Å². The molecule has 0 spiro atoms. The highest BCUT2D eigenvalue weighted by Crippen LogP contribution is 2.32. The molecule has 4 nitrogen and oxygen atoms in total. The van der Waals surface area contributed by atoms with E-state index in [1.165, 1.54) is 0 Å². The van der Waals surface area contributed by atoms with Crippen LogP contribution in [0.25, 0.3) is 0 Å². The van der Waals surface area contributed by atoms with Crippen molar-refractivity contribution in [1.82, 2.24) is 0 Å². The second kappa shape index (κ2) is 4.17. The summed E-state index contributed by atoms with van der Waals surface area (Å²) in [7, 11) is 0. The van der Waals surface area contributed by atoms with Crippen LogP contribution in [0, 0.1) is 5.92 Å². The van der Waals surface area contributed by atoms with E-state index in [4.69, 9.17) is 16.2 Å². The van der Waals surface area contributed by atoms with Gasteiger partial charge in [0.1, 0.15) is 5.60 Å². The topological polar surface area (TPSA) is 78.3 Å². The first-order valence-electron chi connectivity index (χ1n) is 5.13. The van der Waals surface area contributed by atoms with Gasteiger partial charge in [0.15, 0.2) is 0 Å². The molecule has 4 heteroatoms. The summed E-state index contributed by atoms with van der Waals surface area (Å²) >= 11 is 0. The molecule has 2 atom stereocenters. The molecule has 0 aromatic carbocycles. The summed E-state index contributed by atoms with van der Waals surface area (Å²) in [5, 5.41) is 0. The van der Waals surface area contributed by atoms with Crippen molar-refractivity contribution in [1.29, 1.82) is 0 Å². The van der Waals surface area contributed by atoms with E-state index in [0.717, 1.165) is 25.7 Å². The van der Waals surface area contributed by atoms with Gasteiger partial charge in [0.2, 0.25) is 0 Å². The van der Waals surface area contributed by atoms with Gasteiger partial charge >= 0.3 is 6.09 Å². The molecule has 0 saturated heterocycles. The summed E-state index contributed by atoms with van der Waals surface area (Å²) in [4.78, 5) is 10.6. The number of primary amides is 1. The monoisotopic (exact) mass is 200 g/mol. The van der Waals surface area contributed by atoms with Gasteiger partial charge in [-0.15, -0.1) is 0 Å². The molecule has 0 aliphatic heterocycles. The minimum atomic E-state index is -0.697. The van der Waals surface area contributed by atoms with Crippen molar-refractivity contribution in [2.45, 2.75) is 51.2 Å². The summed E-state index contributed by atoms with van der Waals surface area (Å²) in [5.41, 5.74) is 10.3. The molecule has 0 radical (unpaired) electrons. The molecule has 1 aliphatic rings. The maximum atomic E-state index is 10.6. The molecule has 0 bridgehead atoms. The molecule has 4 N–H and O–H groups in total. The Balaban J connectivity index is 2.38. The fourth-order valence-electron chi connectivity index (χ4n) is 2.31. The average molecular weight is 200 g/mol. The van der Waals surface area contributed by atoms with Crippen LogP contribution in [-0.2, 0) is 4.74 Å². The lowest BCUT2D eigenvalue weighted by atomic mass is 9.92. The Bertz CT molecular complexity index is 216. The third-order valence-electron chi connectivity index (χ3n) is 2.74. The van der Waals surface area contributed by atoms with Crippen molar-refractivity contribution in [2.24, 2.45) is 17.4 Å².